The number of amides is 2. The molecule has 0 saturated carbocycles. The summed E-state index contributed by atoms with van der Waals surface area (Å²) in [6, 6.07) is 9.45. The van der Waals surface area contributed by atoms with Crippen LogP contribution in [-0.2, 0) is 6.54 Å². The van der Waals surface area contributed by atoms with Crippen LogP contribution < -0.4 is 5.73 Å². The lowest BCUT2D eigenvalue weighted by Gasteiger charge is -2.45. The number of urea groups is 1. The van der Waals surface area contributed by atoms with Crippen LogP contribution in [0.15, 0.2) is 53.7 Å². The first kappa shape index (κ1) is 17.1. The number of nitrogens with zero attached hydrogens (tertiary/aromatic N) is 6. The largest absolute Gasteiger partial charge is 0.355 e. The number of likely N-dealkylation sites (tertiary alicyclic amines) is 1. The minimum absolute atomic E-state index is 0.0796. The molecule has 8 nitrogen and oxygen atoms in total. The van der Waals surface area contributed by atoms with Crippen molar-refractivity contribution >= 4 is 12.4 Å². The van der Waals surface area contributed by atoms with Crippen LogP contribution in [0, 0.1) is 11.3 Å². The summed E-state index contributed by atoms with van der Waals surface area (Å²) >= 11 is 0. The number of hydrazine groups is 1. The lowest BCUT2D eigenvalue weighted by Crippen LogP contribution is -2.56. The van der Waals surface area contributed by atoms with Crippen molar-refractivity contribution < 1.29 is 4.79 Å². The van der Waals surface area contributed by atoms with Crippen molar-refractivity contribution in [3.8, 4) is 6.07 Å². The number of hydrogen-bond acceptors (Lipinski definition) is 6. The molecule has 138 valence electrons. The molecule has 3 heterocycles. The second-order valence-electron chi connectivity index (χ2n) is 6.76. The van der Waals surface area contributed by atoms with E-state index < -0.39 is 0 Å². The molecule has 0 aliphatic carbocycles. The fraction of sp³-hybridized carbons (Fsp3) is 0.316. The normalized spacial score (nSPS) is 21.9. The van der Waals surface area contributed by atoms with E-state index in [-0.39, 0.29) is 12.1 Å². The van der Waals surface area contributed by atoms with E-state index in [4.69, 9.17) is 5.73 Å². The fourth-order valence-electron chi connectivity index (χ4n) is 3.57. The molecule has 4 rings (SSSR count). The minimum Gasteiger partial charge on any atom is -0.355 e. The van der Waals surface area contributed by atoms with Gasteiger partial charge in [0.15, 0.2) is 0 Å². The topological polar surface area (TPSA) is 92.2 Å². The molecule has 0 aromatic heterocycles. The summed E-state index contributed by atoms with van der Waals surface area (Å²) in [5, 5.41) is 12.6. The maximum absolute atomic E-state index is 13.2. The summed E-state index contributed by atoms with van der Waals surface area (Å²) in [7, 11) is 0. The van der Waals surface area contributed by atoms with Crippen LogP contribution in [0.2, 0.25) is 0 Å². The number of rotatable bonds is 3. The van der Waals surface area contributed by atoms with Gasteiger partial charge in [0.25, 0.3) is 0 Å². The van der Waals surface area contributed by atoms with Crippen LogP contribution in [-0.4, -0.2) is 51.3 Å². The Morgan fingerprint density at radius 3 is 3.00 bits per heavy atom. The Morgan fingerprint density at radius 1 is 1.33 bits per heavy atom. The highest BCUT2D eigenvalue weighted by atomic mass is 16.2. The maximum atomic E-state index is 13.2. The molecule has 1 aromatic rings. The molecule has 1 fully saturated rings. The maximum Gasteiger partial charge on any atom is 0.349 e. The van der Waals surface area contributed by atoms with E-state index in [1.807, 2.05) is 24.4 Å². The second-order valence-corrected chi connectivity index (χ2v) is 6.76. The van der Waals surface area contributed by atoms with E-state index in [9.17, 15) is 10.1 Å². The number of piperidine rings is 1. The molecule has 1 aromatic carbocycles. The number of carbonyl (C=O) groups excluding carboxylic acids is 1. The van der Waals surface area contributed by atoms with Gasteiger partial charge in [-0.2, -0.15) is 5.26 Å². The third-order valence-electron chi connectivity index (χ3n) is 4.93. The van der Waals surface area contributed by atoms with E-state index in [0.29, 0.717) is 18.7 Å². The lowest BCUT2D eigenvalue weighted by atomic mass is 10.1. The third kappa shape index (κ3) is 3.25. The minimum atomic E-state index is -0.193. The van der Waals surface area contributed by atoms with Crippen LogP contribution in [0.5, 0.6) is 0 Å². The van der Waals surface area contributed by atoms with Crippen LogP contribution >= 0.6 is 0 Å². The fourth-order valence-corrected chi connectivity index (χ4v) is 3.57. The summed E-state index contributed by atoms with van der Waals surface area (Å²) in [4.78, 5) is 21.2. The van der Waals surface area contributed by atoms with E-state index >= 15 is 0 Å². The molecule has 0 spiro atoms. The highest BCUT2D eigenvalue weighted by Crippen LogP contribution is 2.27. The molecule has 0 unspecified atom stereocenters. The first-order valence-corrected chi connectivity index (χ1v) is 8.96. The van der Waals surface area contributed by atoms with Crippen LogP contribution in [0.4, 0.5) is 4.79 Å². The molecule has 0 bridgehead atoms. The number of aliphatic imine (C=N–C) groups is 1. The number of carbonyl (C=O) groups is 1. The molecule has 1 atom stereocenters. The van der Waals surface area contributed by atoms with Gasteiger partial charge in [0, 0.05) is 25.3 Å². The predicted octanol–water partition coefficient (Wildman–Crippen LogP) is 1.75. The molecular weight excluding hydrogens is 342 g/mol. The van der Waals surface area contributed by atoms with E-state index in [0.717, 1.165) is 30.8 Å². The van der Waals surface area contributed by atoms with Gasteiger partial charge in [0.05, 0.1) is 30.6 Å². The molecular formula is C19H21N7O. The van der Waals surface area contributed by atoms with Gasteiger partial charge in [-0.05, 0) is 24.5 Å². The Bertz CT molecular complexity index is 869. The van der Waals surface area contributed by atoms with Crippen molar-refractivity contribution in [1.29, 1.82) is 5.26 Å². The molecule has 8 heteroatoms. The third-order valence-corrected chi connectivity index (χ3v) is 4.93. The van der Waals surface area contributed by atoms with E-state index in [1.54, 1.807) is 34.7 Å². The van der Waals surface area contributed by atoms with Crippen molar-refractivity contribution in [2.24, 2.45) is 10.7 Å². The van der Waals surface area contributed by atoms with Crippen LogP contribution in [0.1, 0.15) is 24.0 Å². The van der Waals surface area contributed by atoms with Crippen molar-refractivity contribution in [3.63, 3.8) is 0 Å². The smallest absolute Gasteiger partial charge is 0.349 e. The van der Waals surface area contributed by atoms with Gasteiger partial charge in [0.1, 0.15) is 12.2 Å². The summed E-state index contributed by atoms with van der Waals surface area (Å²) in [6.45, 7) is 1.84. The molecule has 3 aliphatic heterocycles. The zero-order chi connectivity index (χ0) is 18.8. The second kappa shape index (κ2) is 7.13. The number of nitriles is 1. The molecule has 1 saturated heterocycles. The molecule has 2 amide bonds. The first-order chi connectivity index (χ1) is 13.2. The average molecular weight is 363 g/mol. The number of hydrogen-bond donors (Lipinski definition) is 1. The van der Waals surface area contributed by atoms with Gasteiger partial charge in [-0.1, -0.05) is 18.2 Å². The van der Waals surface area contributed by atoms with Crippen LogP contribution in [0.3, 0.4) is 0 Å². The highest BCUT2D eigenvalue weighted by molar-refractivity contribution is 5.81. The zero-order valence-electron chi connectivity index (χ0n) is 14.9. The Hall–Kier alpha value is -3.31. The number of fused-ring (bicyclic) bond motifs is 1. The Balaban J connectivity index is 1.71. The summed E-state index contributed by atoms with van der Waals surface area (Å²) in [6.07, 6.45) is 8.65. The molecule has 3 aliphatic rings. The van der Waals surface area contributed by atoms with Crippen molar-refractivity contribution in [2.75, 3.05) is 13.1 Å². The molecule has 0 radical (unpaired) electrons. The highest BCUT2D eigenvalue weighted by Gasteiger charge is 2.36. The SMILES string of the molecule is N#Cc1ccccc1CN1C(=O)N2C=CN=CN2C=C1N1CCC[C@@H](N)C1. The van der Waals surface area contributed by atoms with Gasteiger partial charge < -0.3 is 10.6 Å². The molecule has 2 N–H and O–H groups in total. The quantitative estimate of drug-likeness (QED) is 0.883. The van der Waals surface area contributed by atoms with Gasteiger partial charge in [-0.25, -0.2) is 19.8 Å². The summed E-state index contributed by atoms with van der Waals surface area (Å²) in [5.41, 5.74) is 7.54. The Kier molecular flexibility index (Phi) is 4.52. The van der Waals surface area contributed by atoms with Crippen LogP contribution in [0.25, 0.3) is 0 Å². The van der Waals surface area contributed by atoms with Crippen molar-refractivity contribution in [3.05, 3.63) is 59.8 Å². The van der Waals surface area contributed by atoms with Crippen molar-refractivity contribution in [1.82, 2.24) is 19.8 Å². The van der Waals surface area contributed by atoms with Gasteiger partial charge in [0.2, 0.25) is 0 Å². The van der Waals surface area contributed by atoms with Gasteiger partial charge in [-0.3, -0.25) is 4.90 Å². The summed E-state index contributed by atoms with van der Waals surface area (Å²) < 4.78 is 0. The van der Waals surface area contributed by atoms with E-state index in [2.05, 4.69) is 16.0 Å². The average Bonchev–Trinajstić information content (AvgIpc) is 2.70. The van der Waals surface area contributed by atoms with E-state index in [1.165, 1.54) is 5.01 Å². The molecule has 27 heavy (non-hydrogen) atoms. The van der Waals surface area contributed by atoms with Gasteiger partial charge >= 0.3 is 6.03 Å². The standard InChI is InChI=1S/C19H21N7O/c20-10-15-4-1-2-5-16(15)11-25-18(23-8-3-6-17(21)12-23)13-24-14-22-7-9-26(24)19(25)27/h1-2,4-5,7,9,13-14,17H,3,6,8,11-12,21H2/t17-/m1/s1. The van der Waals surface area contributed by atoms with Gasteiger partial charge in [-0.15, -0.1) is 0 Å². The zero-order valence-corrected chi connectivity index (χ0v) is 14.9. The predicted molar refractivity (Wildman–Crippen MR) is 100 cm³/mol. The number of benzene rings is 1. The Morgan fingerprint density at radius 2 is 2.19 bits per heavy atom. The van der Waals surface area contributed by atoms with Crippen molar-refractivity contribution in [2.45, 2.75) is 25.4 Å². The monoisotopic (exact) mass is 363 g/mol. The first-order valence-electron chi connectivity index (χ1n) is 8.96. The summed E-state index contributed by atoms with van der Waals surface area (Å²) in [5.74, 6) is 0.779. The number of nitrogens with two attached hydrogens (primary N) is 1. The Labute approximate surface area is 158 Å². The lowest BCUT2D eigenvalue weighted by molar-refractivity contribution is 0.0816.